The van der Waals surface area contributed by atoms with E-state index in [0.717, 1.165) is 0 Å². The molecule has 1 fully saturated rings. The Balaban J connectivity index is 2.00. The molecule has 1 aromatic carbocycles. The van der Waals surface area contributed by atoms with Crippen LogP contribution in [0.4, 0.5) is 8.78 Å². The Morgan fingerprint density at radius 1 is 1.32 bits per heavy atom. The molecule has 1 N–H and O–H groups in total. The minimum Gasteiger partial charge on any atom is -0.466 e. The lowest BCUT2D eigenvalue weighted by molar-refractivity contribution is -0.149. The number of carbonyl (C=O) groups excluding carboxylic acids is 1. The van der Waals surface area contributed by atoms with Crippen molar-refractivity contribution >= 4 is 11.9 Å². The highest BCUT2D eigenvalue weighted by atomic mass is 19.1. The number of likely N-dealkylation sites (tertiary alicyclic amines) is 1. The van der Waals surface area contributed by atoms with Gasteiger partial charge in [-0.1, -0.05) is 6.07 Å². The number of rotatable bonds is 6. The molecule has 1 atom stereocenters. The van der Waals surface area contributed by atoms with Gasteiger partial charge in [0.25, 0.3) is 0 Å². The van der Waals surface area contributed by atoms with E-state index < -0.39 is 17.7 Å². The van der Waals surface area contributed by atoms with E-state index in [-0.39, 0.29) is 17.5 Å². The van der Waals surface area contributed by atoms with E-state index in [1.165, 1.54) is 18.2 Å². The van der Waals surface area contributed by atoms with Gasteiger partial charge in [0, 0.05) is 32.2 Å². The Bertz CT molecular complexity index is 669. The highest BCUT2D eigenvalue weighted by molar-refractivity contribution is 5.80. The average molecular weight is 396 g/mol. The summed E-state index contributed by atoms with van der Waals surface area (Å²) in [7, 11) is 5.24. The van der Waals surface area contributed by atoms with Crippen LogP contribution in [-0.4, -0.2) is 69.1 Å². The molecule has 0 amide bonds. The van der Waals surface area contributed by atoms with E-state index in [9.17, 15) is 13.6 Å². The highest BCUT2D eigenvalue weighted by Gasteiger charge is 2.28. The van der Waals surface area contributed by atoms with Crippen LogP contribution < -0.4 is 5.32 Å². The summed E-state index contributed by atoms with van der Waals surface area (Å²) in [6.45, 7) is 3.84. The second-order valence-electron chi connectivity index (χ2n) is 7.06. The number of carbonyl (C=O) groups is 1. The Labute approximate surface area is 165 Å². The monoisotopic (exact) mass is 396 g/mol. The number of hydrogen-bond donors (Lipinski definition) is 1. The molecule has 0 aromatic heterocycles. The molecule has 0 radical (unpaired) electrons. The molecule has 1 aromatic rings. The Kier molecular flexibility index (Phi) is 8.17. The molecule has 1 aliphatic heterocycles. The maximum absolute atomic E-state index is 14.2. The number of nitrogens with zero attached hydrogens (tertiary/aromatic N) is 3. The number of benzene rings is 1. The quantitative estimate of drug-likeness (QED) is 0.455. The average Bonchev–Trinajstić information content (AvgIpc) is 2.67. The predicted molar refractivity (Wildman–Crippen MR) is 105 cm³/mol. The molecule has 1 saturated heterocycles. The van der Waals surface area contributed by atoms with Gasteiger partial charge in [-0.3, -0.25) is 9.79 Å². The van der Waals surface area contributed by atoms with E-state index in [0.29, 0.717) is 45.0 Å². The zero-order chi connectivity index (χ0) is 20.7. The number of guanidine groups is 1. The van der Waals surface area contributed by atoms with Crippen LogP contribution in [0.25, 0.3) is 0 Å². The Morgan fingerprint density at radius 2 is 1.93 bits per heavy atom. The molecule has 6 nitrogen and oxygen atoms in total. The predicted octanol–water partition coefficient (Wildman–Crippen LogP) is 2.42. The molecular weight excluding hydrogens is 366 g/mol. The van der Waals surface area contributed by atoms with Crippen LogP contribution in [0.5, 0.6) is 0 Å². The molecule has 2 rings (SSSR count). The first kappa shape index (κ1) is 22.1. The molecule has 8 heteroatoms. The van der Waals surface area contributed by atoms with Crippen molar-refractivity contribution < 1.29 is 18.3 Å². The normalized spacial score (nSPS) is 17.0. The van der Waals surface area contributed by atoms with Gasteiger partial charge >= 0.3 is 5.97 Å². The van der Waals surface area contributed by atoms with Gasteiger partial charge in [0.2, 0.25) is 0 Å². The second-order valence-corrected chi connectivity index (χ2v) is 7.06. The van der Waals surface area contributed by atoms with Crippen molar-refractivity contribution in [3.8, 4) is 0 Å². The van der Waals surface area contributed by atoms with Crippen LogP contribution in [0.1, 0.15) is 31.4 Å². The summed E-state index contributed by atoms with van der Waals surface area (Å²) >= 11 is 0. The number of halogens is 2. The molecule has 0 bridgehead atoms. The van der Waals surface area contributed by atoms with Gasteiger partial charge < -0.3 is 19.9 Å². The fourth-order valence-electron chi connectivity index (χ4n) is 3.48. The van der Waals surface area contributed by atoms with Crippen LogP contribution in [-0.2, 0) is 9.53 Å². The number of piperidine rings is 1. The van der Waals surface area contributed by atoms with Crippen molar-refractivity contribution in [2.45, 2.75) is 25.8 Å². The standard InChI is InChI=1S/C20H30F2N4O2/c1-5-28-19(27)14-9-11-26(12-10-14)20(23-2)24-13-17(25(3)4)18-15(21)7-6-8-16(18)22/h6-8,14,17H,5,9-13H2,1-4H3,(H,23,24). The van der Waals surface area contributed by atoms with E-state index >= 15 is 0 Å². The van der Waals surface area contributed by atoms with Crippen LogP contribution in [0.3, 0.4) is 0 Å². The van der Waals surface area contributed by atoms with Crippen LogP contribution in [0.15, 0.2) is 23.2 Å². The Hall–Kier alpha value is -2.22. The number of ether oxygens (including phenoxy) is 1. The Morgan fingerprint density at radius 3 is 2.43 bits per heavy atom. The van der Waals surface area contributed by atoms with Gasteiger partial charge in [-0.2, -0.15) is 0 Å². The lowest BCUT2D eigenvalue weighted by atomic mass is 9.97. The summed E-state index contributed by atoms with van der Waals surface area (Å²) in [4.78, 5) is 20.0. The van der Waals surface area contributed by atoms with Crippen molar-refractivity contribution in [3.63, 3.8) is 0 Å². The number of hydrogen-bond acceptors (Lipinski definition) is 4. The molecule has 0 spiro atoms. The van der Waals surface area contributed by atoms with Crippen molar-refractivity contribution in [1.29, 1.82) is 0 Å². The third kappa shape index (κ3) is 5.41. The molecule has 28 heavy (non-hydrogen) atoms. The minimum absolute atomic E-state index is 0.0384. The van der Waals surface area contributed by atoms with Gasteiger partial charge in [-0.05, 0) is 46.0 Å². The molecular formula is C20H30F2N4O2. The summed E-state index contributed by atoms with van der Waals surface area (Å²) in [5.74, 6) is -0.702. The number of aliphatic imine (C=N–C) groups is 1. The maximum atomic E-state index is 14.2. The van der Waals surface area contributed by atoms with E-state index in [1.54, 1.807) is 33.0 Å². The minimum atomic E-state index is -0.564. The first-order valence-corrected chi connectivity index (χ1v) is 9.61. The lowest BCUT2D eigenvalue weighted by Crippen LogP contribution is -2.48. The van der Waals surface area contributed by atoms with E-state index in [4.69, 9.17) is 4.74 Å². The van der Waals surface area contributed by atoms with Gasteiger partial charge in [0.1, 0.15) is 11.6 Å². The summed E-state index contributed by atoms with van der Waals surface area (Å²) in [5, 5.41) is 3.23. The van der Waals surface area contributed by atoms with Crippen molar-refractivity contribution in [2.24, 2.45) is 10.9 Å². The van der Waals surface area contributed by atoms with Crippen molar-refractivity contribution in [2.75, 3.05) is 47.4 Å². The number of likely N-dealkylation sites (N-methyl/N-ethyl adjacent to an activating group) is 1. The van der Waals surface area contributed by atoms with Crippen LogP contribution in [0.2, 0.25) is 0 Å². The summed E-state index contributed by atoms with van der Waals surface area (Å²) < 4.78 is 33.5. The zero-order valence-corrected chi connectivity index (χ0v) is 17.0. The van der Waals surface area contributed by atoms with Gasteiger partial charge in [-0.25, -0.2) is 8.78 Å². The lowest BCUT2D eigenvalue weighted by Gasteiger charge is -2.34. The largest absolute Gasteiger partial charge is 0.466 e. The first-order chi connectivity index (χ1) is 13.4. The van der Waals surface area contributed by atoms with Crippen molar-refractivity contribution in [3.05, 3.63) is 35.4 Å². The highest BCUT2D eigenvalue weighted by Crippen LogP contribution is 2.24. The van der Waals surface area contributed by atoms with Crippen LogP contribution >= 0.6 is 0 Å². The molecule has 1 aliphatic rings. The topological polar surface area (TPSA) is 57.2 Å². The van der Waals surface area contributed by atoms with E-state index in [2.05, 4.69) is 15.2 Å². The van der Waals surface area contributed by atoms with E-state index in [1.807, 2.05) is 0 Å². The third-order valence-electron chi connectivity index (χ3n) is 5.04. The fourth-order valence-corrected chi connectivity index (χ4v) is 3.48. The maximum Gasteiger partial charge on any atom is 0.309 e. The van der Waals surface area contributed by atoms with Gasteiger partial charge in [0.05, 0.1) is 18.6 Å². The third-order valence-corrected chi connectivity index (χ3v) is 5.04. The molecule has 1 heterocycles. The summed E-state index contributed by atoms with van der Waals surface area (Å²) in [6, 6.07) is 3.41. The zero-order valence-electron chi connectivity index (χ0n) is 17.0. The summed E-state index contributed by atoms with van der Waals surface area (Å²) in [5.41, 5.74) is 0.0384. The van der Waals surface area contributed by atoms with Gasteiger partial charge in [0.15, 0.2) is 5.96 Å². The molecule has 0 saturated carbocycles. The molecule has 1 unspecified atom stereocenters. The molecule has 156 valence electrons. The smallest absolute Gasteiger partial charge is 0.309 e. The van der Waals surface area contributed by atoms with Gasteiger partial charge in [-0.15, -0.1) is 0 Å². The number of esters is 1. The fraction of sp³-hybridized carbons (Fsp3) is 0.600. The summed E-state index contributed by atoms with van der Waals surface area (Å²) in [6.07, 6.45) is 1.39. The first-order valence-electron chi connectivity index (χ1n) is 9.61. The number of nitrogens with one attached hydrogen (secondary N) is 1. The van der Waals surface area contributed by atoms with Crippen molar-refractivity contribution in [1.82, 2.24) is 15.1 Å². The SMILES string of the molecule is CCOC(=O)C1CCN(C(=NC)NCC(c2c(F)cccc2F)N(C)C)CC1. The molecule has 0 aliphatic carbocycles. The van der Waals surface area contributed by atoms with Crippen LogP contribution in [0, 0.1) is 17.6 Å². The second kappa shape index (κ2) is 10.4.